The predicted molar refractivity (Wildman–Crippen MR) is 92.4 cm³/mol. The summed E-state index contributed by atoms with van der Waals surface area (Å²) in [4.78, 5) is 24.9. The van der Waals surface area contributed by atoms with Gasteiger partial charge in [-0.15, -0.1) is 0 Å². The van der Waals surface area contributed by atoms with E-state index in [0.717, 1.165) is 12.1 Å². The molecule has 2 N–H and O–H groups in total. The van der Waals surface area contributed by atoms with Crippen LogP contribution in [0, 0.1) is 5.92 Å². The summed E-state index contributed by atoms with van der Waals surface area (Å²) < 4.78 is 1.63. The molecule has 2 heterocycles. The lowest BCUT2D eigenvalue weighted by atomic mass is 10.1. The zero-order chi connectivity index (χ0) is 17.1. The predicted octanol–water partition coefficient (Wildman–Crippen LogP) is 2.68. The lowest BCUT2D eigenvalue weighted by Crippen LogP contribution is -2.22. The number of benzene rings is 1. The van der Waals surface area contributed by atoms with Crippen molar-refractivity contribution in [2.45, 2.75) is 26.8 Å². The molecule has 2 aromatic heterocycles. The molecule has 0 saturated heterocycles. The Morgan fingerprint density at radius 2 is 1.92 bits per heavy atom. The van der Waals surface area contributed by atoms with Crippen molar-refractivity contribution in [2.24, 2.45) is 5.92 Å². The minimum absolute atomic E-state index is 0.169. The lowest BCUT2D eigenvalue weighted by Gasteiger charge is -2.11. The third-order valence-electron chi connectivity index (χ3n) is 3.64. The summed E-state index contributed by atoms with van der Waals surface area (Å²) in [5.41, 5.74) is 1.67. The number of hydrogen-bond donors (Lipinski definition) is 2. The monoisotopic (exact) mass is 325 g/mol. The van der Waals surface area contributed by atoms with Crippen LogP contribution in [0.5, 0.6) is 5.75 Å². The van der Waals surface area contributed by atoms with Crippen LogP contribution in [0.25, 0.3) is 11.2 Å². The summed E-state index contributed by atoms with van der Waals surface area (Å²) in [6.07, 6.45) is 3.78. The number of nitrogens with zero attached hydrogens (tertiary/aromatic N) is 4. The lowest BCUT2D eigenvalue weighted by molar-refractivity contribution is 0.475. The van der Waals surface area contributed by atoms with Gasteiger partial charge in [-0.1, -0.05) is 13.8 Å². The van der Waals surface area contributed by atoms with E-state index in [1.54, 1.807) is 35.0 Å². The average Bonchev–Trinajstić information content (AvgIpc) is 2.56. The van der Waals surface area contributed by atoms with Gasteiger partial charge in [0.15, 0.2) is 5.65 Å². The Balaban J connectivity index is 1.97. The first-order valence-electron chi connectivity index (χ1n) is 7.81. The maximum atomic E-state index is 12.1. The van der Waals surface area contributed by atoms with Crippen molar-refractivity contribution in [1.29, 1.82) is 0 Å². The summed E-state index contributed by atoms with van der Waals surface area (Å²) in [7, 11) is 0. The normalized spacial score (nSPS) is 11.1. The molecule has 24 heavy (non-hydrogen) atoms. The molecule has 7 heteroatoms. The van der Waals surface area contributed by atoms with Crippen LogP contribution in [0.3, 0.4) is 0 Å². The van der Waals surface area contributed by atoms with Crippen molar-refractivity contribution < 1.29 is 5.11 Å². The molecule has 124 valence electrons. The number of aromatic hydroxyl groups is 1. The fourth-order valence-corrected chi connectivity index (χ4v) is 2.29. The molecule has 0 aliphatic heterocycles. The van der Waals surface area contributed by atoms with Gasteiger partial charge in [0.05, 0.1) is 12.4 Å². The molecule has 0 fully saturated rings. The fourth-order valence-electron chi connectivity index (χ4n) is 2.29. The molecule has 0 spiro atoms. The van der Waals surface area contributed by atoms with Crippen LogP contribution < -0.4 is 10.9 Å². The van der Waals surface area contributed by atoms with Gasteiger partial charge in [0.1, 0.15) is 11.3 Å². The largest absolute Gasteiger partial charge is 0.508 e. The molecule has 0 bridgehead atoms. The molecule has 3 aromatic rings. The summed E-state index contributed by atoms with van der Waals surface area (Å²) in [5, 5.41) is 12.4. The Bertz CT molecular complexity index is 903. The SMILES string of the molecule is CC(C)CCn1c(=O)cnc2cnc(Nc3ccc(O)cc3)nc21. The van der Waals surface area contributed by atoms with E-state index in [4.69, 9.17) is 0 Å². The highest BCUT2D eigenvalue weighted by Gasteiger charge is 2.09. The minimum atomic E-state index is -0.169. The molecule has 7 nitrogen and oxygen atoms in total. The Hall–Kier alpha value is -2.96. The minimum Gasteiger partial charge on any atom is -0.508 e. The Labute approximate surface area is 139 Å². The van der Waals surface area contributed by atoms with Crippen molar-refractivity contribution in [2.75, 3.05) is 5.32 Å². The number of phenolic OH excluding ortho intramolecular Hbond substituents is 1. The number of anilines is 2. The van der Waals surface area contributed by atoms with E-state index in [1.807, 2.05) is 0 Å². The average molecular weight is 325 g/mol. The third kappa shape index (κ3) is 3.51. The number of phenols is 1. The van der Waals surface area contributed by atoms with Gasteiger partial charge < -0.3 is 10.4 Å². The molecule has 1 aromatic carbocycles. The number of hydrogen-bond acceptors (Lipinski definition) is 6. The molecule has 0 unspecified atom stereocenters. The van der Waals surface area contributed by atoms with Gasteiger partial charge in [-0.05, 0) is 36.6 Å². The fraction of sp³-hybridized carbons (Fsp3) is 0.294. The molecular weight excluding hydrogens is 306 g/mol. The summed E-state index contributed by atoms with van der Waals surface area (Å²) in [5.74, 6) is 1.04. The van der Waals surface area contributed by atoms with Crippen LogP contribution in [0.2, 0.25) is 0 Å². The molecule has 0 aliphatic carbocycles. The highest BCUT2D eigenvalue weighted by Crippen LogP contribution is 2.18. The second-order valence-electron chi connectivity index (χ2n) is 6.00. The molecule has 0 atom stereocenters. The number of aryl methyl sites for hydroxylation is 1. The zero-order valence-corrected chi connectivity index (χ0v) is 13.6. The van der Waals surface area contributed by atoms with E-state index in [0.29, 0.717) is 29.6 Å². The number of rotatable bonds is 5. The van der Waals surface area contributed by atoms with E-state index < -0.39 is 0 Å². The van der Waals surface area contributed by atoms with Gasteiger partial charge in [0, 0.05) is 12.2 Å². The van der Waals surface area contributed by atoms with Crippen molar-refractivity contribution in [1.82, 2.24) is 19.5 Å². The van der Waals surface area contributed by atoms with Crippen LogP contribution in [0.4, 0.5) is 11.6 Å². The summed E-state index contributed by atoms with van der Waals surface area (Å²) >= 11 is 0. The van der Waals surface area contributed by atoms with Crippen LogP contribution in [0.1, 0.15) is 20.3 Å². The van der Waals surface area contributed by atoms with Gasteiger partial charge in [-0.25, -0.2) is 9.97 Å². The smallest absolute Gasteiger partial charge is 0.270 e. The van der Waals surface area contributed by atoms with Crippen molar-refractivity contribution in [3.8, 4) is 5.75 Å². The highest BCUT2D eigenvalue weighted by molar-refractivity contribution is 5.71. The number of nitrogens with one attached hydrogen (secondary N) is 1. The van der Waals surface area contributed by atoms with Gasteiger partial charge in [0.2, 0.25) is 5.95 Å². The topological polar surface area (TPSA) is 92.9 Å². The van der Waals surface area contributed by atoms with Gasteiger partial charge >= 0.3 is 0 Å². The number of fused-ring (bicyclic) bond motifs is 1. The van der Waals surface area contributed by atoms with E-state index in [9.17, 15) is 9.90 Å². The Kier molecular flexibility index (Phi) is 4.41. The molecule has 0 saturated carbocycles. The van der Waals surface area contributed by atoms with Crippen molar-refractivity contribution >= 4 is 22.8 Å². The molecule has 3 rings (SSSR count). The first-order chi connectivity index (χ1) is 11.5. The Morgan fingerprint density at radius 1 is 1.17 bits per heavy atom. The molecular formula is C17H19N5O2. The van der Waals surface area contributed by atoms with Crippen molar-refractivity contribution in [3.05, 3.63) is 47.0 Å². The second kappa shape index (κ2) is 6.66. The zero-order valence-electron chi connectivity index (χ0n) is 13.6. The van der Waals surface area contributed by atoms with Crippen LogP contribution >= 0.6 is 0 Å². The molecule has 0 aliphatic rings. The van der Waals surface area contributed by atoms with Gasteiger partial charge in [0.25, 0.3) is 5.56 Å². The van der Waals surface area contributed by atoms with Crippen LogP contribution in [-0.4, -0.2) is 24.6 Å². The maximum Gasteiger partial charge on any atom is 0.270 e. The van der Waals surface area contributed by atoms with Crippen LogP contribution in [-0.2, 0) is 6.54 Å². The van der Waals surface area contributed by atoms with Gasteiger partial charge in [-0.2, -0.15) is 4.98 Å². The van der Waals surface area contributed by atoms with Crippen molar-refractivity contribution in [3.63, 3.8) is 0 Å². The molecule has 0 radical (unpaired) electrons. The molecule has 0 amide bonds. The Morgan fingerprint density at radius 3 is 2.62 bits per heavy atom. The van der Waals surface area contributed by atoms with Gasteiger partial charge in [-0.3, -0.25) is 9.36 Å². The highest BCUT2D eigenvalue weighted by atomic mass is 16.3. The van der Waals surface area contributed by atoms with Crippen LogP contribution in [0.15, 0.2) is 41.5 Å². The first kappa shape index (κ1) is 15.9. The maximum absolute atomic E-state index is 12.1. The standard InChI is InChI=1S/C17H19N5O2/c1-11(2)7-8-22-15(24)10-18-14-9-19-17(21-16(14)22)20-12-3-5-13(23)6-4-12/h3-6,9-11,23H,7-8H2,1-2H3,(H,19,20,21). The second-order valence-corrected chi connectivity index (χ2v) is 6.00. The summed E-state index contributed by atoms with van der Waals surface area (Å²) in [6.45, 7) is 4.81. The van der Waals surface area contributed by atoms with E-state index >= 15 is 0 Å². The quantitative estimate of drug-likeness (QED) is 0.701. The van der Waals surface area contributed by atoms with E-state index in [1.165, 1.54) is 6.20 Å². The third-order valence-corrected chi connectivity index (χ3v) is 3.64. The number of aromatic nitrogens is 4. The van der Waals surface area contributed by atoms with E-state index in [2.05, 4.69) is 34.1 Å². The summed E-state index contributed by atoms with van der Waals surface area (Å²) in [6, 6.07) is 6.59. The first-order valence-corrected chi connectivity index (χ1v) is 7.81. The van der Waals surface area contributed by atoms with E-state index in [-0.39, 0.29) is 11.3 Å².